The highest BCUT2D eigenvalue weighted by molar-refractivity contribution is 5.80. The smallest absolute Gasteiger partial charge is 0.323 e. The monoisotopic (exact) mass is 280 g/mol. The van der Waals surface area contributed by atoms with Gasteiger partial charge in [0.05, 0.1) is 6.20 Å². The van der Waals surface area contributed by atoms with E-state index in [0.29, 0.717) is 6.54 Å². The molecule has 20 heavy (non-hydrogen) atoms. The minimum atomic E-state index is -0.971. The average Bonchev–Trinajstić information content (AvgIpc) is 3.15. The quantitative estimate of drug-likeness (QED) is 0.646. The molecule has 0 radical (unpaired) electrons. The molecule has 0 aromatic carbocycles. The highest BCUT2D eigenvalue weighted by Gasteiger charge is 2.33. The van der Waals surface area contributed by atoms with Crippen LogP contribution in [0, 0.1) is 6.92 Å². The average molecular weight is 280 g/mol. The number of hydrogen-bond acceptors (Lipinski definition) is 3. The van der Waals surface area contributed by atoms with E-state index in [1.165, 1.54) is 4.90 Å². The molecule has 1 aromatic heterocycles. The Hall–Kier alpha value is -2.05. The molecular weight excluding hydrogens is 260 g/mol. The van der Waals surface area contributed by atoms with E-state index in [0.717, 1.165) is 36.9 Å². The molecule has 2 rings (SSSR count). The molecule has 0 unspecified atom stereocenters. The van der Waals surface area contributed by atoms with Crippen molar-refractivity contribution in [1.82, 2.24) is 20.4 Å². The van der Waals surface area contributed by atoms with Crippen molar-refractivity contribution >= 4 is 12.0 Å². The zero-order valence-electron chi connectivity index (χ0n) is 11.6. The number of hydrogen-bond donors (Lipinski definition) is 3. The number of carbonyl (C=O) groups excluding carboxylic acids is 1. The molecular formula is C13H20N4O3. The number of aliphatic carboxylic acids is 1. The van der Waals surface area contributed by atoms with Crippen LogP contribution in [0.1, 0.15) is 30.5 Å². The first-order valence-corrected chi connectivity index (χ1v) is 6.83. The van der Waals surface area contributed by atoms with Crippen molar-refractivity contribution in [2.24, 2.45) is 0 Å². The summed E-state index contributed by atoms with van der Waals surface area (Å²) < 4.78 is 0. The lowest BCUT2D eigenvalue weighted by Gasteiger charge is -2.20. The molecule has 7 nitrogen and oxygen atoms in total. The number of carbonyl (C=O) groups is 2. The van der Waals surface area contributed by atoms with Crippen LogP contribution in [0.4, 0.5) is 4.79 Å². The SMILES string of the molecule is Cc1[nH]ncc1CCCNC(=O)N(CC(=O)O)C1CC1. The number of rotatable bonds is 7. The normalized spacial score (nSPS) is 14.1. The summed E-state index contributed by atoms with van der Waals surface area (Å²) in [5.74, 6) is -0.971. The summed E-state index contributed by atoms with van der Waals surface area (Å²) in [4.78, 5) is 24.1. The van der Waals surface area contributed by atoms with Crippen LogP contribution < -0.4 is 5.32 Å². The predicted octanol–water partition coefficient (Wildman–Crippen LogP) is 0.909. The van der Waals surface area contributed by atoms with Gasteiger partial charge in [-0.05, 0) is 38.2 Å². The van der Waals surface area contributed by atoms with Gasteiger partial charge in [-0.1, -0.05) is 0 Å². The van der Waals surface area contributed by atoms with Gasteiger partial charge in [-0.3, -0.25) is 9.89 Å². The molecule has 110 valence electrons. The first-order chi connectivity index (χ1) is 9.58. The molecule has 1 aromatic rings. The number of carboxylic acids is 1. The Bertz CT molecular complexity index is 482. The number of aryl methyl sites for hydroxylation is 2. The number of H-pyrrole nitrogens is 1. The fourth-order valence-corrected chi connectivity index (χ4v) is 2.10. The number of amides is 2. The van der Waals surface area contributed by atoms with Gasteiger partial charge in [0.2, 0.25) is 0 Å². The fraction of sp³-hybridized carbons (Fsp3) is 0.615. The summed E-state index contributed by atoms with van der Waals surface area (Å²) in [7, 11) is 0. The van der Waals surface area contributed by atoms with E-state index >= 15 is 0 Å². The molecule has 0 saturated heterocycles. The highest BCUT2D eigenvalue weighted by atomic mass is 16.4. The molecule has 0 atom stereocenters. The van der Waals surface area contributed by atoms with Gasteiger partial charge in [0.25, 0.3) is 0 Å². The molecule has 7 heteroatoms. The number of nitrogens with zero attached hydrogens (tertiary/aromatic N) is 2. The van der Waals surface area contributed by atoms with Crippen LogP contribution in [0.3, 0.4) is 0 Å². The van der Waals surface area contributed by atoms with Gasteiger partial charge >= 0.3 is 12.0 Å². The number of carboxylic acid groups (broad SMARTS) is 1. The van der Waals surface area contributed by atoms with Gasteiger partial charge in [-0.25, -0.2) is 4.79 Å². The van der Waals surface area contributed by atoms with E-state index in [-0.39, 0.29) is 18.6 Å². The van der Waals surface area contributed by atoms with E-state index in [1.807, 2.05) is 6.92 Å². The lowest BCUT2D eigenvalue weighted by Crippen LogP contribution is -2.44. The maximum absolute atomic E-state index is 11.9. The summed E-state index contributed by atoms with van der Waals surface area (Å²) in [6.07, 6.45) is 5.23. The van der Waals surface area contributed by atoms with Crippen molar-refractivity contribution in [1.29, 1.82) is 0 Å². The van der Waals surface area contributed by atoms with Crippen LogP contribution in [0.15, 0.2) is 6.20 Å². The zero-order valence-corrected chi connectivity index (χ0v) is 11.6. The minimum absolute atomic E-state index is 0.0993. The topological polar surface area (TPSA) is 98.3 Å². The summed E-state index contributed by atoms with van der Waals surface area (Å²) >= 11 is 0. The first kappa shape index (κ1) is 14.4. The molecule has 1 fully saturated rings. The lowest BCUT2D eigenvalue weighted by molar-refractivity contribution is -0.137. The molecule has 1 saturated carbocycles. The van der Waals surface area contributed by atoms with Crippen molar-refractivity contribution in [2.75, 3.05) is 13.1 Å². The maximum Gasteiger partial charge on any atom is 0.323 e. The Labute approximate surface area is 117 Å². The maximum atomic E-state index is 11.9. The van der Waals surface area contributed by atoms with Gasteiger partial charge in [-0.15, -0.1) is 0 Å². The Kier molecular flexibility index (Phi) is 4.60. The lowest BCUT2D eigenvalue weighted by atomic mass is 10.1. The third-order valence-electron chi connectivity index (χ3n) is 3.39. The largest absolute Gasteiger partial charge is 0.480 e. The number of urea groups is 1. The third-order valence-corrected chi connectivity index (χ3v) is 3.39. The van der Waals surface area contributed by atoms with Crippen LogP contribution >= 0.6 is 0 Å². The van der Waals surface area contributed by atoms with Gasteiger partial charge < -0.3 is 15.3 Å². The minimum Gasteiger partial charge on any atom is -0.480 e. The Morgan fingerprint density at radius 1 is 1.55 bits per heavy atom. The van der Waals surface area contributed by atoms with Gasteiger partial charge in [-0.2, -0.15) is 5.10 Å². The fourth-order valence-electron chi connectivity index (χ4n) is 2.10. The van der Waals surface area contributed by atoms with Crippen molar-refractivity contribution in [3.05, 3.63) is 17.5 Å². The molecule has 1 heterocycles. The Balaban J connectivity index is 1.71. The third kappa shape index (κ3) is 3.97. The van der Waals surface area contributed by atoms with Gasteiger partial charge in [0.15, 0.2) is 0 Å². The van der Waals surface area contributed by atoms with Crippen molar-refractivity contribution in [2.45, 2.75) is 38.6 Å². The molecule has 2 amide bonds. The van der Waals surface area contributed by atoms with E-state index in [1.54, 1.807) is 6.20 Å². The Morgan fingerprint density at radius 2 is 2.30 bits per heavy atom. The molecule has 0 aliphatic heterocycles. The van der Waals surface area contributed by atoms with Crippen molar-refractivity contribution in [3.8, 4) is 0 Å². The standard InChI is InChI=1S/C13H20N4O3/c1-9-10(7-15-16-9)3-2-6-14-13(20)17(8-12(18)19)11-4-5-11/h7,11H,2-6,8H2,1H3,(H,14,20)(H,15,16)(H,18,19). The predicted molar refractivity (Wildman–Crippen MR) is 72.4 cm³/mol. The van der Waals surface area contributed by atoms with Crippen LogP contribution in [-0.2, 0) is 11.2 Å². The van der Waals surface area contributed by atoms with Crippen LogP contribution in [0.5, 0.6) is 0 Å². The van der Waals surface area contributed by atoms with Crippen LogP contribution in [0.25, 0.3) is 0 Å². The first-order valence-electron chi connectivity index (χ1n) is 6.83. The molecule has 0 spiro atoms. The molecule has 1 aliphatic carbocycles. The van der Waals surface area contributed by atoms with E-state index < -0.39 is 5.97 Å². The van der Waals surface area contributed by atoms with E-state index in [4.69, 9.17) is 5.11 Å². The Morgan fingerprint density at radius 3 is 2.85 bits per heavy atom. The number of nitrogens with one attached hydrogen (secondary N) is 2. The van der Waals surface area contributed by atoms with Crippen molar-refractivity contribution < 1.29 is 14.7 Å². The molecule has 0 bridgehead atoms. The summed E-state index contributed by atoms with van der Waals surface area (Å²) in [6, 6.07) is -0.180. The van der Waals surface area contributed by atoms with Crippen LogP contribution in [-0.4, -0.2) is 51.3 Å². The summed E-state index contributed by atoms with van der Waals surface area (Å²) in [5, 5.41) is 18.4. The number of aromatic nitrogens is 2. The number of aromatic amines is 1. The molecule has 1 aliphatic rings. The highest BCUT2D eigenvalue weighted by Crippen LogP contribution is 2.26. The zero-order chi connectivity index (χ0) is 14.5. The van der Waals surface area contributed by atoms with Gasteiger partial charge in [0, 0.05) is 18.3 Å². The second-order valence-electron chi connectivity index (χ2n) is 5.11. The summed E-state index contributed by atoms with van der Waals surface area (Å²) in [6.45, 7) is 2.27. The van der Waals surface area contributed by atoms with E-state index in [2.05, 4.69) is 15.5 Å². The second kappa shape index (κ2) is 6.40. The van der Waals surface area contributed by atoms with E-state index in [9.17, 15) is 9.59 Å². The molecule has 3 N–H and O–H groups in total. The van der Waals surface area contributed by atoms with Gasteiger partial charge in [0.1, 0.15) is 6.54 Å². The van der Waals surface area contributed by atoms with Crippen molar-refractivity contribution in [3.63, 3.8) is 0 Å². The summed E-state index contributed by atoms with van der Waals surface area (Å²) in [5.41, 5.74) is 2.19. The van der Waals surface area contributed by atoms with Crippen LogP contribution in [0.2, 0.25) is 0 Å². The second-order valence-corrected chi connectivity index (χ2v) is 5.11.